The van der Waals surface area contributed by atoms with Gasteiger partial charge in [0.1, 0.15) is 6.10 Å². The number of unbranched alkanes of at least 4 members (excludes halogenated alkanes) is 16. The fraction of sp³-hybridized carbons (Fsp3) is 0.914. The topological polar surface area (TPSA) is 107 Å². The van der Waals surface area contributed by atoms with Gasteiger partial charge in [0.05, 0.1) is 24.4 Å². The lowest BCUT2D eigenvalue weighted by atomic mass is 9.98. The summed E-state index contributed by atoms with van der Waals surface area (Å²) in [6, 6.07) is 0. The van der Waals surface area contributed by atoms with Crippen LogP contribution in [-0.4, -0.2) is 56.9 Å². The molecule has 0 aromatic carbocycles. The Morgan fingerprint density at radius 1 is 0.585 bits per heavy atom. The largest absolute Gasteiger partial charge is 0.455 e. The summed E-state index contributed by atoms with van der Waals surface area (Å²) < 4.78 is 5.06. The molecule has 0 aliphatic carbocycles. The molecule has 0 saturated heterocycles. The first kappa shape index (κ1) is 38.1. The highest BCUT2D eigenvalue weighted by Gasteiger charge is 2.24. The third-order valence-electron chi connectivity index (χ3n) is 8.61. The summed E-state index contributed by atoms with van der Waals surface area (Å²) in [5.74, 6) is -0.313. The van der Waals surface area contributed by atoms with Gasteiger partial charge in [0.25, 0.3) is 0 Å². The van der Waals surface area contributed by atoms with E-state index < -0.39 is 18.3 Å². The van der Waals surface area contributed by atoms with Crippen molar-refractivity contribution in [1.82, 2.24) is 0 Å². The highest BCUT2D eigenvalue weighted by Crippen LogP contribution is 2.21. The van der Waals surface area contributed by atoms with Gasteiger partial charge in [-0.3, -0.25) is 0 Å². The molecule has 1 rings (SSSR count). The summed E-state index contributed by atoms with van der Waals surface area (Å²) >= 11 is 0. The Hall–Kier alpha value is -0.950. The maximum atomic E-state index is 11.6. The molecule has 0 bridgehead atoms. The van der Waals surface area contributed by atoms with Crippen molar-refractivity contribution in [2.75, 3.05) is 0 Å². The lowest BCUT2D eigenvalue weighted by Gasteiger charge is -2.18. The van der Waals surface area contributed by atoms with E-state index in [0.29, 0.717) is 31.3 Å². The first-order valence-electron chi connectivity index (χ1n) is 17.5. The summed E-state index contributed by atoms with van der Waals surface area (Å²) in [7, 11) is 0. The molecule has 6 nitrogen and oxygen atoms in total. The second kappa shape index (κ2) is 25.5. The Labute approximate surface area is 252 Å². The van der Waals surface area contributed by atoms with Gasteiger partial charge in [-0.15, -0.1) is 0 Å². The molecule has 0 aromatic heterocycles. The van der Waals surface area contributed by atoms with Crippen molar-refractivity contribution in [3.63, 3.8) is 0 Å². The summed E-state index contributed by atoms with van der Waals surface area (Å²) in [4.78, 5) is 11.6. The number of ether oxygens (including phenoxy) is 1. The molecule has 0 saturated carbocycles. The Kier molecular flexibility index (Phi) is 23.7. The molecular formula is C35H66O6. The van der Waals surface area contributed by atoms with E-state index in [0.717, 1.165) is 57.8 Å². The van der Waals surface area contributed by atoms with Crippen LogP contribution in [0.25, 0.3) is 0 Å². The van der Waals surface area contributed by atoms with E-state index in [2.05, 4.69) is 6.92 Å². The van der Waals surface area contributed by atoms with Crippen LogP contribution in [-0.2, 0) is 9.53 Å². The maximum absolute atomic E-state index is 11.6. The predicted molar refractivity (Wildman–Crippen MR) is 169 cm³/mol. The molecule has 0 spiro atoms. The van der Waals surface area contributed by atoms with Crippen LogP contribution in [0.1, 0.15) is 174 Å². The van der Waals surface area contributed by atoms with E-state index in [-0.39, 0.29) is 18.2 Å². The van der Waals surface area contributed by atoms with Crippen molar-refractivity contribution >= 4 is 5.97 Å². The molecule has 5 atom stereocenters. The molecule has 5 unspecified atom stereocenters. The van der Waals surface area contributed by atoms with Crippen LogP contribution < -0.4 is 0 Å². The van der Waals surface area contributed by atoms with Gasteiger partial charge >= 0.3 is 5.97 Å². The van der Waals surface area contributed by atoms with Crippen LogP contribution in [0.3, 0.4) is 0 Å². The quantitative estimate of drug-likeness (QED) is 0.0525. The molecule has 1 heterocycles. The molecule has 0 radical (unpaired) electrons. The number of carbonyl (C=O) groups is 1. The SMILES string of the molecule is CCCCCCCCCCCCCCCCC(O)C(O)CCCCC(O)CCCCCC(O)CC1=CC(C)OC1=O. The number of aliphatic hydroxyl groups excluding tert-OH is 4. The van der Waals surface area contributed by atoms with Gasteiger partial charge in [-0.2, -0.15) is 0 Å². The summed E-state index contributed by atoms with van der Waals surface area (Å²) in [6.45, 7) is 4.08. The maximum Gasteiger partial charge on any atom is 0.334 e. The lowest BCUT2D eigenvalue weighted by molar-refractivity contribution is -0.139. The zero-order valence-corrected chi connectivity index (χ0v) is 26.7. The predicted octanol–water partition coefficient (Wildman–Crippen LogP) is 8.07. The van der Waals surface area contributed by atoms with Crippen LogP contribution in [0.5, 0.6) is 0 Å². The monoisotopic (exact) mass is 582 g/mol. The van der Waals surface area contributed by atoms with Crippen molar-refractivity contribution in [2.45, 2.75) is 205 Å². The average molecular weight is 583 g/mol. The zero-order valence-electron chi connectivity index (χ0n) is 26.7. The molecule has 1 aliphatic rings. The normalized spacial score (nSPS) is 18.2. The summed E-state index contributed by atoms with van der Waals surface area (Å²) in [5, 5.41) is 41.0. The van der Waals surface area contributed by atoms with Gasteiger partial charge in [0.2, 0.25) is 0 Å². The third kappa shape index (κ3) is 21.4. The first-order chi connectivity index (χ1) is 19.8. The second-order valence-corrected chi connectivity index (χ2v) is 12.8. The van der Waals surface area contributed by atoms with E-state index >= 15 is 0 Å². The molecule has 0 fully saturated rings. The molecular weight excluding hydrogens is 516 g/mol. The standard InChI is InChI=1S/C35H66O6/c1-3-4-5-6-7-8-9-10-11-12-13-14-15-19-25-33(38)34(39)26-21-20-23-31(36)22-17-16-18-24-32(37)28-30-27-29(2)41-35(30)40/h27,29,31-34,36-39H,3-26,28H2,1-2H3. The van der Waals surface area contributed by atoms with Gasteiger partial charge in [0, 0.05) is 12.0 Å². The average Bonchev–Trinajstić information content (AvgIpc) is 3.26. The lowest BCUT2D eigenvalue weighted by Crippen LogP contribution is -2.25. The summed E-state index contributed by atoms with van der Waals surface area (Å²) in [5.41, 5.74) is 0.577. The number of esters is 1. The van der Waals surface area contributed by atoms with Crippen LogP contribution in [0.15, 0.2) is 11.6 Å². The van der Waals surface area contributed by atoms with Crippen LogP contribution in [0.2, 0.25) is 0 Å². The number of rotatable bonds is 29. The fourth-order valence-corrected chi connectivity index (χ4v) is 5.88. The number of carbonyl (C=O) groups excluding carboxylic acids is 1. The zero-order chi connectivity index (χ0) is 30.1. The Bertz CT molecular complexity index is 651. The van der Waals surface area contributed by atoms with Crippen molar-refractivity contribution in [1.29, 1.82) is 0 Å². The minimum Gasteiger partial charge on any atom is -0.455 e. The fourth-order valence-electron chi connectivity index (χ4n) is 5.88. The van der Waals surface area contributed by atoms with Crippen molar-refractivity contribution in [2.24, 2.45) is 0 Å². The summed E-state index contributed by atoms with van der Waals surface area (Å²) in [6.07, 6.45) is 26.0. The van der Waals surface area contributed by atoms with Gasteiger partial charge in [-0.25, -0.2) is 4.79 Å². The van der Waals surface area contributed by atoms with E-state index in [4.69, 9.17) is 4.74 Å². The smallest absolute Gasteiger partial charge is 0.334 e. The highest BCUT2D eigenvalue weighted by molar-refractivity contribution is 5.90. The third-order valence-corrected chi connectivity index (χ3v) is 8.61. The van der Waals surface area contributed by atoms with Gasteiger partial charge in [-0.1, -0.05) is 129 Å². The van der Waals surface area contributed by atoms with Gasteiger partial charge < -0.3 is 25.2 Å². The van der Waals surface area contributed by atoms with E-state index in [1.165, 1.54) is 77.0 Å². The van der Waals surface area contributed by atoms with Crippen molar-refractivity contribution in [3.8, 4) is 0 Å². The Balaban J connectivity index is 1.88. The van der Waals surface area contributed by atoms with Gasteiger partial charge in [-0.05, 0) is 45.1 Å². The molecule has 41 heavy (non-hydrogen) atoms. The minimum absolute atomic E-state index is 0.196. The molecule has 4 N–H and O–H groups in total. The molecule has 0 aromatic rings. The second-order valence-electron chi connectivity index (χ2n) is 12.8. The van der Waals surface area contributed by atoms with E-state index in [1.54, 1.807) is 6.08 Å². The first-order valence-corrected chi connectivity index (χ1v) is 17.5. The van der Waals surface area contributed by atoms with E-state index in [9.17, 15) is 25.2 Å². The number of aliphatic hydroxyl groups is 4. The molecule has 0 amide bonds. The van der Waals surface area contributed by atoms with Crippen molar-refractivity contribution in [3.05, 3.63) is 11.6 Å². The number of hydrogen-bond donors (Lipinski definition) is 4. The van der Waals surface area contributed by atoms with Crippen LogP contribution in [0, 0.1) is 0 Å². The number of cyclic esters (lactones) is 1. The van der Waals surface area contributed by atoms with Crippen LogP contribution in [0.4, 0.5) is 0 Å². The minimum atomic E-state index is -0.661. The highest BCUT2D eigenvalue weighted by atomic mass is 16.5. The van der Waals surface area contributed by atoms with Crippen LogP contribution >= 0.6 is 0 Å². The number of hydrogen-bond acceptors (Lipinski definition) is 6. The Morgan fingerprint density at radius 2 is 0.951 bits per heavy atom. The van der Waals surface area contributed by atoms with E-state index in [1.807, 2.05) is 6.92 Å². The Morgan fingerprint density at radius 3 is 1.41 bits per heavy atom. The van der Waals surface area contributed by atoms with Gasteiger partial charge in [0.15, 0.2) is 0 Å². The molecule has 1 aliphatic heterocycles. The molecule has 242 valence electrons. The van der Waals surface area contributed by atoms with Crippen molar-refractivity contribution < 1.29 is 30.0 Å². The molecule has 6 heteroatoms.